The Balaban J connectivity index is 1.95. The maximum absolute atomic E-state index is 5.83. The van der Waals surface area contributed by atoms with Gasteiger partial charge in [0, 0.05) is 17.8 Å². The van der Waals surface area contributed by atoms with Gasteiger partial charge in [-0.05, 0) is 42.0 Å². The largest absolute Gasteiger partial charge is 0.331 e. The van der Waals surface area contributed by atoms with Crippen molar-refractivity contribution >= 4 is 40.8 Å². The predicted octanol–water partition coefficient (Wildman–Crippen LogP) is 4.00. The second-order valence-corrected chi connectivity index (χ2v) is 4.94. The number of benzene rings is 2. The maximum atomic E-state index is 5.83. The van der Waals surface area contributed by atoms with Gasteiger partial charge in [0.2, 0.25) is 0 Å². The average molecular weight is 304 g/mol. The van der Waals surface area contributed by atoms with Gasteiger partial charge in [-0.2, -0.15) is 5.10 Å². The predicted molar refractivity (Wildman–Crippen MR) is 89.5 cm³/mol. The highest BCUT2D eigenvalue weighted by Gasteiger charge is 2.02. The Morgan fingerprint density at radius 3 is 2.45 bits per heavy atom. The lowest BCUT2D eigenvalue weighted by molar-refractivity contribution is 0.557. The van der Waals surface area contributed by atoms with Crippen molar-refractivity contribution < 1.29 is 0 Å². The third-order valence-corrected chi connectivity index (χ3v) is 3.19. The van der Waals surface area contributed by atoms with Gasteiger partial charge in [-0.1, -0.05) is 41.9 Å². The van der Waals surface area contributed by atoms with Crippen LogP contribution in [0.15, 0.2) is 59.7 Å². The molecule has 3 nitrogen and oxygen atoms in total. The Morgan fingerprint density at radius 2 is 1.80 bits per heavy atom. The van der Waals surface area contributed by atoms with Gasteiger partial charge in [0.05, 0.1) is 6.21 Å². The summed E-state index contributed by atoms with van der Waals surface area (Å²) in [4.78, 5) is 0. The molecule has 0 bridgehead atoms. The van der Waals surface area contributed by atoms with Crippen LogP contribution in [0.3, 0.4) is 0 Å². The van der Waals surface area contributed by atoms with Crippen LogP contribution in [-0.2, 0) is 0 Å². The lowest BCUT2D eigenvalue weighted by Gasteiger charge is -2.15. The lowest BCUT2D eigenvalue weighted by Crippen LogP contribution is -2.26. The van der Waals surface area contributed by atoms with Crippen LogP contribution in [0.4, 0.5) is 5.69 Å². The van der Waals surface area contributed by atoms with E-state index in [1.807, 2.05) is 42.5 Å². The lowest BCUT2D eigenvalue weighted by atomic mass is 10.2. The number of hydrogen-bond donors (Lipinski definition) is 1. The fraction of sp³-hybridized carbons (Fsp3) is 0.0667. The molecule has 2 aromatic carbocycles. The Morgan fingerprint density at radius 1 is 1.15 bits per heavy atom. The van der Waals surface area contributed by atoms with Gasteiger partial charge >= 0.3 is 0 Å². The fourth-order valence-corrected chi connectivity index (χ4v) is 1.77. The van der Waals surface area contributed by atoms with Gasteiger partial charge in [-0.15, -0.1) is 0 Å². The van der Waals surface area contributed by atoms with Crippen molar-refractivity contribution in [3.05, 3.63) is 65.2 Å². The second kappa shape index (κ2) is 7.03. The summed E-state index contributed by atoms with van der Waals surface area (Å²) in [6.45, 7) is 0. The molecule has 0 fully saturated rings. The monoisotopic (exact) mass is 303 g/mol. The highest BCUT2D eigenvalue weighted by atomic mass is 35.5. The molecule has 0 spiro atoms. The summed E-state index contributed by atoms with van der Waals surface area (Å²) in [5, 5.41) is 10.2. The standard InChI is InChI=1S/C15H14ClN3S/c1-19(17-11-12-5-3-2-4-6-12)15(20)18-14-9-7-13(16)8-10-14/h2-11H,1H3,(H,18,20)/b17-11+. The molecule has 0 radical (unpaired) electrons. The summed E-state index contributed by atoms with van der Waals surface area (Å²) < 4.78 is 0. The van der Waals surface area contributed by atoms with Crippen LogP contribution in [0.5, 0.6) is 0 Å². The van der Waals surface area contributed by atoms with Crippen molar-refractivity contribution in [2.75, 3.05) is 12.4 Å². The van der Waals surface area contributed by atoms with E-state index in [-0.39, 0.29) is 0 Å². The minimum absolute atomic E-state index is 0.513. The Labute approximate surface area is 128 Å². The van der Waals surface area contributed by atoms with Crippen LogP contribution < -0.4 is 5.32 Å². The topological polar surface area (TPSA) is 27.6 Å². The molecule has 0 aliphatic rings. The van der Waals surface area contributed by atoms with E-state index in [0.29, 0.717) is 10.1 Å². The van der Waals surface area contributed by atoms with E-state index in [0.717, 1.165) is 11.3 Å². The number of anilines is 1. The molecule has 102 valence electrons. The molecule has 20 heavy (non-hydrogen) atoms. The molecule has 2 rings (SSSR count). The first-order valence-electron chi connectivity index (χ1n) is 6.04. The number of nitrogens with one attached hydrogen (secondary N) is 1. The molecule has 0 aromatic heterocycles. The quantitative estimate of drug-likeness (QED) is 0.527. The van der Waals surface area contributed by atoms with E-state index < -0.39 is 0 Å². The molecular weight excluding hydrogens is 290 g/mol. The van der Waals surface area contributed by atoms with Crippen LogP contribution in [0.2, 0.25) is 5.02 Å². The zero-order valence-corrected chi connectivity index (χ0v) is 12.5. The van der Waals surface area contributed by atoms with E-state index in [9.17, 15) is 0 Å². The van der Waals surface area contributed by atoms with Crippen LogP contribution in [-0.4, -0.2) is 23.4 Å². The Bertz CT molecular complexity index is 596. The molecule has 0 saturated carbocycles. The summed E-state index contributed by atoms with van der Waals surface area (Å²) in [6.07, 6.45) is 1.76. The summed E-state index contributed by atoms with van der Waals surface area (Å²) in [5.74, 6) is 0. The zero-order valence-electron chi connectivity index (χ0n) is 11.0. The van der Waals surface area contributed by atoms with Crippen molar-refractivity contribution in [2.45, 2.75) is 0 Å². The van der Waals surface area contributed by atoms with Gasteiger partial charge < -0.3 is 5.32 Å². The molecule has 2 aromatic rings. The summed E-state index contributed by atoms with van der Waals surface area (Å²) >= 11 is 11.1. The van der Waals surface area contributed by atoms with E-state index >= 15 is 0 Å². The minimum atomic E-state index is 0.513. The normalized spacial score (nSPS) is 10.5. The van der Waals surface area contributed by atoms with Crippen molar-refractivity contribution in [2.24, 2.45) is 5.10 Å². The molecular formula is C15H14ClN3S. The first kappa shape index (κ1) is 14.5. The molecule has 0 heterocycles. The highest BCUT2D eigenvalue weighted by Crippen LogP contribution is 2.13. The molecule has 0 saturated heterocycles. The van der Waals surface area contributed by atoms with Crippen LogP contribution in [0, 0.1) is 0 Å². The van der Waals surface area contributed by atoms with Gasteiger partial charge in [0.25, 0.3) is 0 Å². The maximum Gasteiger partial charge on any atom is 0.193 e. The molecule has 0 unspecified atom stereocenters. The van der Waals surface area contributed by atoms with Crippen LogP contribution in [0.1, 0.15) is 5.56 Å². The minimum Gasteiger partial charge on any atom is -0.331 e. The smallest absolute Gasteiger partial charge is 0.193 e. The van der Waals surface area contributed by atoms with E-state index in [2.05, 4.69) is 10.4 Å². The summed E-state index contributed by atoms with van der Waals surface area (Å²) in [5.41, 5.74) is 1.90. The number of thiocarbonyl (C=S) groups is 1. The molecule has 0 atom stereocenters. The molecule has 1 N–H and O–H groups in total. The van der Waals surface area contributed by atoms with Crippen LogP contribution in [0.25, 0.3) is 0 Å². The van der Waals surface area contributed by atoms with Crippen molar-refractivity contribution in [1.82, 2.24) is 5.01 Å². The van der Waals surface area contributed by atoms with Gasteiger partial charge in [0.1, 0.15) is 0 Å². The molecule has 0 aliphatic carbocycles. The van der Waals surface area contributed by atoms with E-state index in [1.165, 1.54) is 0 Å². The molecule has 0 aliphatic heterocycles. The number of hydrazone groups is 1. The van der Waals surface area contributed by atoms with E-state index in [1.54, 1.807) is 30.4 Å². The third kappa shape index (κ3) is 4.33. The number of halogens is 1. The van der Waals surface area contributed by atoms with Crippen molar-refractivity contribution in [3.63, 3.8) is 0 Å². The molecule has 5 heteroatoms. The summed E-state index contributed by atoms with van der Waals surface area (Å²) in [6, 6.07) is 17.2. The number of nitrogens with zero attached hydrogens (tertiary/aromatic N) is 2. The number of hydrogen-bond acceptors (Lipinski definition) is 2. The number of rotatable bonds is 3. The van der Waals surface area contributed by atoms with E-state index in [4.69, 9.17) is 23.8 Å². The Hall–Kier alpha value is -1.91. The van der Waals surface area contributed by atoms with Crippen molar-refractivity contribution in [3.8, 4) is 0 Å². The second-order valence-electron chi connectivity index (χ2n) is 4.12. The highest BCUT2D eigenvalue weighted by molar-refractivity contribution is 7.80. The summed E-state index contributed by atoms with van der Waals surface area (Å²) in [7, 11) is 1.80. The van der Waals surface area contributed by atoms with Crippen molar-refractivity contribution in [1.29, 1.82) is 0 Å². The SMILES string of the molecule is CN(/N=C/c1ccccc1)C(=S)Nc1ccc(Cl)cc1. The fourth-order valence-electron chi connectivity index (χ4n) is 1.48. The van der Waals surface area contributed by atoms with Gasteiger partial charge in [-0.25, -0.2) is 5.01 Å². The van der Waals surface area contributed by atoms with Gasteiger partial charge in [0.15, 0.2) is 5.11 Å². The molecule has 0 amide bonds. The zero-order chi connectivity index (χ0) is 14.4. The first-order valence-corrected chi connectivity index (χ1v) is 6.83. The average Bonchev–Trinajstić information content (AvgIpc) is 2.48. The first-order chi connectivity index (χ1) is 9.65. The third-order valence-electron chi connectivity index (χ3n) is 2.57. The van der Waals surface area contributed by atoms with Crippen LogP contribution >= 0.6 is 23.8 Å². The Kier molecular flexibility index (Phi) is 5.09. The van der Waals surface area contributed by atoms with Gasteiger partial charge in [-0.3, -0.25) is 0 Å².